The Morgan fingerprint density at radius 3 is 2.22 bits per heavy atom. The predicted molar refractivity (Wildman–Crippen MR) is 242 cm³/mol. The average molecular weight is 888 g/mol. The molecule has 18 heteroatoms. The molecule has 4 bridgehead atoms. The van der Waals surface area contributed by atoms with Crippen LogP contribution in [0.25, 0.3) is 22.5 Å². The van der Waals surface area contributed by atoms with Crippen molar-refractivity contribution in [3.05, 3.63) is 94.8 Å². The third-order valence-corrected chi connectivity index (χ3v) is 11.7. The van der Waals surface area contributed by atoms with Crippen molar-refractivity contribution >= 4 is 29.5 Å². The molecular formula is C47H57N11O7. The van der Waals surface area contributed by atoms with Crippen LogP contribution in [-0.4, -0.2) is 109 Å². The van der Waals surface area contributed by atoms with Gasteiger partial charge in [0, 0.05) is 49.4 Å². The molecule has 5 amide bonds. The average Bonchev–Trinajstić information content (AvgIpc) is 4.06. The van der Waals surface area contributed by atoms with Gasteiger partial charge in [-0.3, -0.25) is 24.0 Å². The summed E-state index contributed by atoms with van der Waals surface area (Å²) >= 11 is 0. The van der Waals surface area contributed by atoms with Crippen LogP contribution in [0.5, 0.6) is 11.5 Å². The fraction of sp³-hybridized carbons (Fsp3) is 0.404. The standard InChI is InChI=1S/C47H57N11O7/c1-27-35(26-53-41(54-27)30-6-9-32(10-7-30)47(3)14-15-47)43(60)56-36(13-16-48)46(63)58(4)40-31-8-12-39(65-22-19-51)34(25-31)33-23-29(5-11-38(33)64-21-18-50)24-37(44(61)52-20-17-49)57-42(59)28(2)55-45(40)62/h5-12,23,25-26,28,36-37,40H,13-16,18-22,24,48,50-51H2,1-4H3,(H,52,61)(H,55,62)(H,56,60)(H,57,59)/t28-,36-,37-,40-/m0/s1. The van der Waals surface area contributed by atoms with E-state index in [1.807, 2.05) is 18.2 Å². The van der Waals surface area contributed by atoms with E-state index in [0.717, 1.165) is 18.4 Å². The summed E-state index contributed by atoms with van der Waals surface area (Å²) in [6.45, 7) is 5.74. The summed E-state index contributed by atoms with van der Waals surface area (Å²) in [5, 5.41) is 19.9. The number of nitrogens with zero attached hydrogens (tertiary/aromatic N) is 4. The maximum Gasteiger partial charge on any atom is 0.255 e. The molecule has 1 saturated carbocycles. The van der Waals surface area contributed by atoms with Crippen LogP contribution >= 0.6 is 0 Å². The molecule has 1 fully saturated rings. The SMILES string of the molecule is Cc1nc(-c2ccc(C3(C)CC3)cc2)ncc1C(=O)N[C@@H](CCN)C(=O)N(C)[C@@H]1C(=O)N[C@@H](C)C(=O)N[C@H](C(=O)NCC#N)Cc2ccc(OCCN)c(c2)-c2cc1ccc2OCCN. The monoisotopic (exact) mass is 887 g/mol. The van der Waals surface area contributed by atoms with E-state index >= 15 is 0 Å². The largest absolute Gasteiger partial charge is 0.492 e. The lowest BCUT2D eigenvalue weighted by Crippen LogP contribution is -2.56. The van der Waals surface area contributed by atoms with Gasteiger partial charge in [0.2, 0.25) is 23.6 Å². The molecule has 2 heterocycles. The zero-order valence-electron chi connectivity index (χ0n) is 37.1. The van der Waals surface area contributed by atoms with Gasteiger partial charge in [0.25, 0.3) is 5.91 Å². The lowest BCUT2D eigenvalue weighted by atomic mass is 9.93. The molecular weight excluding hydrogens is 831 g/mol. The highest BCUT2D eigenvalue weighted by atomic mass is 16.5. The number of likely N-dealkylation sites (N-methyl/N-ethyl adjacent to an activating group) is 1. The van der Waals surface area contributed by atoms with Gasteiger partial charge in [-0.05, 0) is 86.0 Å². The van der Waals surface area contributed by atoms with Crippen molar-refractivity contribution in [1.29, 1.82) is 5.26 Å². The molecule has 2 aliphatic rings. The minimum absolute atomic E-state index is 0.00375. The van der Waals surface area contributed by atoms with Crippen LogP contribution < -0.4 is 47.9 Å². The van der Waals surface area contributed by atoms with E-state index in [2.05, 4.69) is 50.3 Å². The van der Waals surface area contributed by atoms with E-state index < -0.39 is 53.7 Å². The molecule has 6 rings (SSSR count). The fourth-order valence-electron chi connectivity index (χ4n) is 7.69. The second kappa shape index (κ2) is 21.2. The molecule has 10 N–H and O–H groups in total. The number of rotatable bonds is 16. The molecule has 65 heavy (non-hydrogen) atoms. The zero-order chi connectivity index (χ0) is 46.8. The number of carbonyl (C=O) groups excluding carboxylic acids is 5. The van der Waals surface area contributed by atoms with Crippen molar-refractivity contribution in [3.63, 3.8) is 0 Å². The van der Waals surface area contributed by atoms with Gasteiger partial charge in [-0.15, -0.1) is 0 Å². The van der Waals surface area contributed by atoms with Crippen molar-refractivity contribution in [2.45, 2.75) is 76.0 Å². The van der Waals surface area contributed by atoms with Gasteiger partial charge >= 0.3 is 0 Å². The number of amides is 5. The molecule has 342 valence electrons. The molecule has 4 aromatic rings. The molecule has 1 aromatic heterocycles. The first-order chi connectivity index (χ1) is 31.2. The van der Waals surface area contributed by atoms with Crippen LogP contribution in [0.2, 0.25) is 0 Å². The molecule has 4 atom stereocenters. The number of nitriles is 1. The molecule has 0 saturated heterocycles. The highest BCUT2D eigenvalue weighted by Gasteiger charge is 2.39. The highest BCUT2D eigenvalue weighted by Crippen LogP contribution is 2.47. The molecule has 18 nitrogen and oxygen atoms in total. The molecule has 1 aliphatic heterocycles. The summed E-state index contributed by atoms with van der Waals surface area (Å²) in [6.07, 6.45) is 3.73. The van der Waals surface area contributed by atoms with E-state index in [0.29, 0.717) is 45.3 Å². The predicted octanol–water partition coefficient (Wildman–Crippen LogP) is 1.68. The maximum atomic E-state index is 14.6. The lowest BCUT2D eigenvalue weighted by molar-refractivity contribution is -0.141. The highest BCUT2D eigenvalue weighted by molar-refractivity contribution is 6.00. The van der Waals surface area contributed by atoms with Gasteiger partial charge in [-0.25, -0.2) is 9.97 Å². The Morgan fingerprint density at radius 2 is 1.60 bits per heavy atom. The van der Waals surface area contributed by atoms with Crippen LogP contribution in [0.1, 0.15) is 71.9 Å². The number of carbonyl (C=O) groups is 5. The van der Waals surface area contributed by atoms with Crippen molar-refractivity contribution in [1.82, 2.24) is 36.1 Å². The summed E-state index contributed by atoms with van der Waals surface area (Å²) < 4.78 is 12.2. The number of hydrogen-bond donors (Lipinski definition) is 7. The van der Waals surface area contributed by atoms with Gasteiger partial charge in [0.05, 0.1) is 17.3 Å². The first-order valence-electron chi connectivity index (χ1n) is 21.6. The summed E-state index contributed by atoms with van der Waals surface area (Å²) in [7, 11) is 1.42. The van der Waals surface area contributed by atoms with Crippen LogP contribution in [0, 0.1) is 18.3 Å². The topological polar surface area (TPSA) is 283 Å². The lowest BCUT2D eigenvalue weighted by Gasteiger charge is -2.32. The van der Waals surface area contributed by atoms with Gasteiger partial charge in [0.15, 0.2) is 5.82 Å². The minimum atomic E-state index is -1.40. The van der Waals surface area contributed by atoms with Gasteiger partial charge in [-0.1, -0.05) is 43.3 Å². The van der Waals surface area contributed by atoms with Crippen LogP contribution in [0.3, 0.4) is 0 Å². The van der Waals surface area contributed by atoms with E-state index in [1.54, 1.807) is 43.3 Å². The Kier molecular flexibility index (Phi) is 15.5. The number of nitrogens with one attached hydrogen (secondary N) is 4. The number of benzene rings is 3. The smallest absolute Gasteiger partial charge is 0.255 e. The number of aromatic nitrogens is 2. The number of aryl methyl sites for hydroxylation is 1. The Morgan fingerprint density at radius 1 is 0.938 bits per heavy atom. The molecule has 3 aromatic carbocycles. The van der Waals surface area contributed by atoms with Crippen molar-refractivity contribution < 1.29 is 33.4 Å². The van der Waals surface area contributed by atoms with Crippen LogP contribution in [0.15, 0.2) is 66.9 Å². The summed E-state index contributed by atoms with van der Waals surface area (Å²) in [6, 6.07) is 15.1. The van der Waals surface area contributed by atoms with E-state index in [9.17, 15) is 24.0 Å². The van der Waals surface area contributed by atoms with E-state index in [1.165, 1.54) is 30.6 Å². The number of ether oxygens (including phenoxy) is 2. The molecule has 1 aliphatic carbocycles. The minimum Gasteiger partial charge on any atom is -0.492 e. The Bertz CT molecular complexity index is 2450. The molecule has 0 unspecified atom stereocenters. The first-order valence-corrected chi connectivity index (χ1v) is 21.6. The van der Waals surface area contributed by atoms with Crippen molar-refractivity contribution in [2.24, 2.45) is 17.2 Å². The molecule has 0 radical (unpaired) electrons. The van der Waals surface area contributed by atoms with Gasteiger partial charge < -0.3 is 52.8 Å². The zero-order valence-corrected chi connectivity index (χ0v) is 37.1. The Balaban J connectivity index is 1.36. The van der Waals surface area contributed by atoms with E-state index in [-0.39, 0.29) is 63.2 Å². The van der Waals surface area contributed by atoms with Crippen LogP contribution in [-0.2, 0) is 31.0 Å². The Hall–Kier alpha value is -6.94. The fourth-order valence-corrected chi connectivity index (χ4v) is 7.69. The number of hydrogen-bond acceptors (Lipinski definition) is 13. The summed E-state index contributed by atoms with van der Waals surface area (Å²) in [5.41, 5.74) is 22.4. The van der Waals surface area contributed by atoms with Gasteiger partial charge in [0.1, 0.15) is 55.4 Å². The normalized spacial score (nSPS) is 18.1. The summed E-state index contributed by atoms with van der Waals surface area (Å²) in [4.78, 5) is 80.4. The van der Waals surface area contributed by atoms with E-state index in [4.69, 9.17) is 31.9 Å². The third-order valence-electron chi connectivity index (χ3n) is 11.7. The van der Waals surface area contributed by atoms with Crippen LogP contribution in [0.4, 0.5) is 0 Å². The Labute approximate surface area is 378 Å². The van der Waals surface area contributed by atoms with Crippen molar-refractivity contribution in [2.75, 3.05) is 46.4 Å². The third kappa shape index (κ3) is 11.2. The van der Waals surface area contributed by atoms with Crippen molar-refractivity contribution in [3.8, 4) is 40.1 Å². The number of nitrogens with two attached hydrogens (primary N) is 3. The molecule has 0 spiro atoms. The second-order valence-electron chi connectivity index (χ2n) is 16.5. The quantitative estimate of drug-likeness (QED) is 0.0790. The van der Waals surface area contributed by atoms with Gasteiger partial charge in [-0.2, -0.15) is 5.26 Å². The second-order valence-corrected chi connectivity index (χ2v) is 16.5. The maximum absolute atomic E-state index is 14.6. The first kappa shape index (κ1) is 47.5. The summed E-state index contributed by atoms with van der Waals surface area (Å²) in [5.74, 6) is -2.12. The number of fused-ring (bicyclic) bond motifs is 5.